The summed E-state index contributed by atoms with van der Waals surface area (Å²) in [6, 6.07) is 11.5. The number of nitrogens with zero attached hydrogens (tertiary/aromatic N) is 1. The van der Waals surface area contributed by atoms with E-state index in [0.717, 1.165) is 0 Å². The molecule has 136 valence electrons. The summed E-state index contributed by atoms with van der Waals surface area (Å²) in [5.41, 5.74) is -0.670. The maximum Gasteiger partial charge on any atom is 0.336 e. The first-order chi connectivity index (χ1) is 12.5. The number of ether oxygens (including phenoxy) is 2. The Morgan fingerprint density at radius 3 is 2.50 bits per heavy atom. The quantitative estimate of drug-likeness (QED) is 0.816. The maximum absolute atomic E-state index is 12.9. The summed E-state index contributed by atoms with van der Waals surface area (Å²) in [6.07, 6.45) is 0. The highest BCUT2D eigenvalue weighted by molar-refractivity contribution is 6.05. The van der Waals surface area contributed by atoms with Crippen LogP contribution in [0.5, 0.6) is 11.5 Å². The molecule has 3 rings (SSSR count). The Hall–Kier alpha value is -3.06. The van der Waals surface area contributed by atoms with Gasteiger partial charge in [-0.15, -0.1) is 0 Å². The molecule has 1 amide bonds. The Morgan fingerprint density at radius 1 is 1.15 bits per heavy atom. The van der Waals surface area contributed by atoms with Crippen molar-refractivity contribution < 1.29 is 29.3 Å². The molecule has 0 saturated carbocycles. The predicted octanol–water partition coefficient (Wildman–Crippen LogP) is 1.63. The molecule has 0 aromatic heterocycles. The summed E-state index contributed by atoms with van der Waals surface area (Å²) in [4.78, 5) is 26.2. The van der Waals surface area contributed by atoms with Crippen molar-refractivity contribution in [1.29, 1.82) is 0 Å². The average Bonchev–Trinajstić information content (AvgIpc) is 2.91. The van der Waals surface area contributed by atoms with Crippen LogP contribution < -0.4 is 9.47 Å². The number of methoxy groups -OCH3 is 2. The van der Waals surface area contributed by atoms with Gasteiger partial charge in [0.25, 0.3) is 5.91 Å². The fourth-order valence-corrected chi connectivity index (χ4v) is 3.32. The van der Waals surface area contributed by atoms with E-state index in [1.807, 2.05) is 0 Å². The summed E-state index contributed by atoms with van der Waals surface area (Å²) in [5, 5.41) is 19.9. The lowest BCUT2D eigenvalue weighted by molar-refractivity contribution is -0.153. The molecule has 0 spiro atoms. The number of hydrogen-bond acceptors (Lipinski definition) is 5. The number of hydrogen-bond donors (Lipinski definition) is 2. The fraction of sp³-hybridized carbons (Fsp3) is 0.263. The first-order valence-electron chi connectivity index (χ1n) is 7.96. The van der Waals surface area contributed by atoms with Gasteiger partial charge < -0.3 is 24.6 Å². The third-order valence-electron chi connectivity index (χ3n) is 4.71. The van der Waals surface area contributed by atoms with Crippen molar-refractivity contribution in [3.63, 3.8) is 0 Å². The zero-order valence-electron chi connectivity index (χ0n) is 14.4. The van der Waals surface area contributed by atoms with Gasteiger partial charge in [0.1, 0.15) is 11.5 Å². The van der Waals surface area contributed by atoms with Gasteiger partial charge in [-0.05, 0) is 18.2 Å². The molecule has 7 heteroatoms. The number of carboxylic acids is 1. The molecule has 0 fully saturated rings. The van der Waals surface area contributed by atoms with Crippen molar-refractivity contribution in [3.05, 3.63) is 59.2 Å². The van der Waals surface area contributed by atoms with Gasteiger partial charge in [-0.3, -0.25) is 4.79 Å². The van der Waals surface area contributed by atoms with Crippen LogP contribution in [0.25, 0.3) is 0 Å². The van der Waals surface area contributed by atoms with Crippen molar-refractivity contribution in [1.82, 2.24) is 4.90 Å². The number of amides is 1. The van der Waals surface area contributed by atoms with E-state index in [1.165, 1.54) is 19.1 Å². The molecule has 7 nitrogen and oxygen atoms in total. The minimum absolute atomic E-state index is 0.0342. The molecule has 0 bridgehead atoms. The molecule has 26 heavy (non-hydrogen) atoms. The zero-order chi connectivity index (χ0) is 18.9. The third kappa shape index (κ3) is 2.48. The molecular formula is C19H19NO6. The SMILES string of the molecule is COc1ccc(CN2C(=O)c3ccccc3C2(CO)C(=O)O)c(OC)c1. The van der Waals surface area contributed by atoms with Crippen LogP contribution in [-0.4, -0.2) is 47.8 Å². The van der Waals surface area contributed by atoms with Gasteiger partial charge in [0.05, 0.1) is 27.4 Å². The highest BCUT2D eigenvalue weighted by atomic mass is 16.5. The monoisotopic (exact) mass is 357 g/mol. The number of aliphatic hydroxyl groups is 1. The van der Waals surface area contributed by atoms with Crippen molar-refractivity contribution in [2.75, 3.05) is 20.8 Å². The van der Waals surface area contributed by atoms with Crippen molar-refractivity contribution in [2.24, 2.45) is 0 Å². The maximum atomic E-state index is 12.9. The number of aliphatic carboxylic acids is 1. The largest absolute Gasteiger partial charge is 0.497 e. The topological polar surface area (TPSA) is 96.3 Å². The third-order valence-corrected chi connectivity index (χ3v) is 4.71. The van der Waals surface area contributed by atoms with Crippen LogP contribution >= 0.6 is 0 Å². The number of carbonyl (C=O) groups excluding carboxylic acids is 1. The highest BCUT2D eigenvalue weighted by Crippen LogP contribution is 2.41. The van der Waals surface area contributed by atoms with E-state index in [1.54, 1.807) is 42.5 Å². The van der Waals surface area contributed by atoms with Crippen LogP contribution in [0.4, 0.5) is 0 Å². The van der Waals surface area contributed by atoms with Gasteiger partial charge in [0.2, 0.25) is 0 Å². The second kappa shape index (κ2) is 6.68. The number of carboxylic acid groups (broad SMARTS) is 1. The Morgan fingerprint density at radius 2 is 1.88 bits per heavy atom. The second-order valence-electron chi connectivity index (χ2n) is 5.94. The standard InChI is InChI=1S/C19H19NO6/c1-25-13-8-7-12(16(9-13)26-2)10-20-17(22)14-5-3-4-6-15(14)19(20,11-21)18(23)24/h3-9,21H,10-11H2,1-2H3,(H,23,24). The summed E-state index contributed by atoms with van der Waals surface area (Å²) < 4.78 is 10.5. The Balaban J connectivity index is 2.10. The van der Waals surface area contributed by atoms with Crippen molar-refractivity contribution in [2.45, 2.75) is 12.1 Å². The molecule has 1 heterocycles. The lowest BCUT2D eigenvalue weighted by Gasteiger charge is -2.34. The average molecular weight is 357 g/mol. The molecule has 1 atom stereocenters. The van der Waals surface area contributed by atoms with Gasteiger partial charge in [0.15, 0.2) is 5.54 Å². The molecule has 2 aromatic carbocycles. The van der Waals surface area contributed by atoms with Crippen LogP contribution in [0.3, 0.4) is 0 Å². The molecule has 1 aliphatic heterocycles. The van der Waals surface area contributed by atoms with Crippen LogP contribution in [0.2, 0.25) is 0 Å². The lowest BCUT2D eigenvalue weighted by Crippen LogP contribution is -2.52. The van der Waals surface area contributed by atoms with Crippen molar-refractivity contribution >= 4 is 11.9 Å². The Kier molecular flexibility index (Phi) is 4.56. The molecular weight excluding hydrogens is 338 g/mol. The fourth-order valence-electron chi connectivity index (χ4n) is 3.32. The van der Waals surface area contributed by atoms with Gasteiger partial charge in [-0.25, -0.2) is 4.79 Å². The first-order valence-corrected chi connectivity index (χ1v) is 7.96. The van der Waals surface area contributed by atoms with Crippen LogP contribution in [0, 0.1) is 0 Å². The van der Waals surface area contributed by atoms with Gasteiger partial charge in [-0.2, -0.15) is 0 Å². The number of rotatable bonds is 6. The van der Waals surface area contributed by atoms with Crippen LogP contribution in [0.1, 0.15) is 21.5 Å². The molecule has 1 aliphatic rings. The van der Waals surface area contributed by atoms with E-state index in [0.29, 0.717) is 17.1 Å². The molecule has 2 aromatic rings. The second-order valence-corrected chi connectivity index (χ2v) is 5.94. The van der Waals surface area contributed by atoms with Gasteiger partial charge in [0, 0.05) is 22.8 Å². The zero-order valence-corrected chi connectivity index (χ0v) is 14.4. The predicted molar refractivity (Wildman–Crippen MR) is 92.3 cm³/mol. The molecule has 2 N–H and O–H groups in total. The molecule has 0 saturated heterocycles. The summed E-state index contributed by atoms with van der Waals surface area (Å²) in [7, 11) is 3.01. The van der Waals surface area contributed by atoms with E-state index in [4.69, 9.17) is 9.47 Å². The van der Waals surface area contributed by atoms with E-state index < -0.39 is 24.0 Å². The lowest BCUT2D eigenvalue weighted by atomic mass is 9.90. The van der Waals surface area contributed by atoms with Gasteiger partial charge in [-0.1, -0.05) is 18.2 Å². The molecule has 0 aliphatic carbocycles. The van der Waals surface area contributed by atoms with Crippen LogP contribution in [0.15, 0.2) is 42.5 Å². The minimum atomic E-state index is -1.83. The highest BCUT2D eigenvalue weighted by Gasteiger charge is 2.55. The van der Waals surface area contributed by atoms with Crippen molar-refractivity contribution in [3.8, 4) is 11.5 Å². The molecule has 0 radical (unpaired) electrons. The van der Waals surface area contributed by atoms with E-state index >= 15 is 0 Å². The number of aliphatic hydroxyl groups excluding tert-OH is 1. The number of benzene rings is 2. The van der Waals surface area contributed by atoms with E-state index in [-0.39, 0.29) is 17.7 Å². The Labute approximate surface area is 150 Å². The van der Waals surface area contributed by atoms with Crippen LogP contribution in [-0.2, 0) is 16.9 Å². The first kappa shape index (κ1) is 17.8. The summed E-state index contributed by atoms with van der Waals surface area (Å²) in [6.45, 7) is -0.767. The number of carbonyl (C=O) groups is 2. The molecule has 1 unspecified atom stereocenters. The normalized spacial score (nSPS) is 18.6. The van der Waals surface area contributed by atoms with Gasteiger partial charge >= 0.3 is 5.97 Å². The minimum Gasteiger partial charge on any atom is -0.497 e. The van der Waals surface area contributed by atoms with E-state index in [9.17, 15) is 19.8 Å². The smallest absolute Gasteiger partial charge is 0.336 e. The Bertz CT molecular complexity index is 865. The summed E-state index contributed by atoms with van der Waals surface area (Å²) in [5.74, 6) is -0.695. The number of fused-ring (bicyclic) bond motifs is 1. The van der Waals surface area contributed by atoms with E-state index in [2.05, 4.69) is 0 Å². The summed E-state index contributed by atoms with van der Waals surface area (Å²) >= 11 is 0.